The number of hydrogen-bond donors (Lipinski definition) is 1. The first-order valence-electron chi connectivity index (χ1n) is 8.71. The molecule has 5 heteroatoms. The van der Waals surface area contributed by atoms with Gasteiger partial charge in [-0.2, -0.15) is 0 Å². The molecule has 3 heterocycles. The summed E-state index contributed by atoms with van der Waals surface area (Å²) in [5, 5.41) is 1.26. The Morgan fingerprint density at radius 2 is 1.96 bits per heavy atom. The minimum absolute atomic E-state index is 0.211. The molecule has 2 fully saturated rings. The van der Waals surface area contributed by atoms with Crippen LogP contribution >= 0.6 is 23.2 Å². The summed E-state index contributed by atoms with van der Waals surface area (Å²) in [6.45, 7) is 7.16. The predicted molar refractivity (Wildman–Crippen MR) is 98.3 cm³/mol. The second-order valence-electron chi connectivity index (χ2n) is 8.13. The van der Waals surface area contributed by atoms with E-state index in [1.807, 2.05) is 12.1 Å². The first kappa shape index (κ1) is 16.7. The standard InChI is InChI=1S/C19H24Cl2N2O/c1-19(2,3)24-22-16-10-23-12-5-7-17(23)18(16)13(9-12)11-4-6-14(20)15(21)8-11/h4,6,8,12-13,17,22H,5,7,9-10H2,1-3H3/t12-,13+,17+/m0/s1. The number of nitrogens with one attached hydrogen (secondary N) is 1. The number of halogens is 2. The molecule has 0 aliphatic carbocycles. The minimum atomic E-state index is -0.211. The number of rotatable bonds is 3. The summed E-state index contributed by atoms with van der Waals surface area (Å²) >= 11 is 12.4. The lowest BCUT2D eigenvalue weighted by Crippen LogP contribution is -2.39. The van der Waals surface area contributed by atoms with E-state index < -0.39 is 0 Å². The molecule has 4 atom stereocenters. The van der Waals surface area contributed by atoms with Gasteiger partial charge < -0.3 is 0 Å². The molecule has 2 saturated heterocycles. The number of benzene rings is 1. The zero-order valence-corrected chi connectivity index (χ0v) is 15.9. The van der Waals surface area contributed by atoms with Crippen molar-refractivity contribution < 1.29 is 4.84 Å². The Bertz CT molecular complexity index is 695. The SMILES string of the molecule is CC(C)(C)ONC1=C2[C@H]3CC[C@@H](C[C@@H]2c2ccc(Cl)c(Cl)c2)N3C1. The molecule has 1 N–H and O–H groups in total. The number of hydrogen-bond acceptors (Lipinski definition) is 3. The van der Waals surface area contributed by atoms with Crippen molar-refractivity contribution in [3.05, 3.63) is 45.1 Å². The van der Waals surface area contributed by atoms with Gasteiger partial charge in [0.1, 0.15) is 0 Å². The van der Waals surface area contributed by atoms with Crippen LogP contribution < -0.4 is 5.48 Å². The van der Waals surface area contributed by atoms with Crippen molar-refractivity contribution >= 4 is 23.2 Å². The molecule has 1 aromatic rings. The highest BCUT2D eigenvalue weighted by Crippen LogP contribution is 2.51. The fourth-order valence-electron chi connectivity index (χ4n) is 4.43. The van der Waals surface area contributed by atoms with Crippen LogP contribution in [0.2, 0.25) is 10.0 Å². The van der Waals surface area contributed by atoms with Gasteiger partial charge in [0.05, 0.1) is 21.3 Å². The zero-order chi connectivity index (χ0) is 17.1. The summed E-state index contributed by atoms with van der Waals surface area (Å²) in [5.74, 6) is 0.405. The van der Waals surface area contributed by atoms with Gasteiger partial charge in [0.25, 0.3) is 0 Å². The summed E-state index contributed by atoms with van der Waals surface area (Å²) in [6.07, 6.45) is 3.70. The Kier molecular flexibility index (Phi) is 4.12. The topological polar surface area (TPSA) is 24.5 Å². The van der Waals surface area contributed by atoms with E-state index in [1.165, 1.54) is 29.7 Å². The Labute approximate surface area is 153 Å². The fraction of sp³-hybridized carbons (Fsp3) is 0.579. The molecule has 0 aromatic heterocycles. The number of hydroxylamine groups is 1. The molecular weight excluding hydrogens is 343 g/mol. The van der Waals surface area contributed by atoms with Crippen LogP contribution in [0.3, 0.4) is 0 Å². The summed E-state index contributed by atoms with van der Waals surface area (Å²) < 4.78 is 0. The zero-order valence-electron chi connectivity index (χ0n) is 14.4. The third-order valence-corrected chi connectivity index (χ3v) is 6.14. The van der Waals surface area contributed by atoms with E-state index in [1.54, 1.807) is 0 Å². The van der Waals surface area contributed by atoms with E-state index in [4.69, 9.17) is 28.0 Å². The number of nitrogens with zero attached hydrogens (tertiary/aromatic N) is 1. The van der Waals surface area contributed by atoms with Gasteiger partial charge in [-0.1, -0.05) is 29.3 Å². The largest absolute Gasteiger partial charge is 0.288 e. The van der Waals surface area contributed by atoms with Gasteiger partial charge in [0, 0.05) is 24.5 Å². The lowest BCUT2D eigenvalue weighted by molar-refractivity contribution is -0.0592. The molecule has 1 aromatic carbocycles. The van der Waals surface area contributed by atoms with Crippen molar-refractivity contribution in [3.8, 4) is 0 Å². The summed E-state index contributed by atoms with van der Waals surface area (Å²) in [6, 6.07) is 7.29. The normalized spacial score (nSPS) is 31.7. The molecule has 4 rings (SSSR count). The minimum Gasteiger partial charge on any atom is -0.288 e. The van der Waals surface area contributed by atoms with Gasteiger partial charge >= 0.3 is 0 Å². The average Bonchev–Trinajstić information content (AvgIpc) is 2.92. The van der Waals surface area contributed by atoms with Gasteiger partial charge in [0.15, 0.2) is 0 Å². The molecule has 4 bridgehead atoms. The molecule has 3 aliphatic rings. The lowest BCUT2D eigenvalue weighted by atomic mass is 9.82. The molecule has 0 radical (unpaired) electrons. The van der Waals surface area contributed by atoms with Crippen molar-refractivity contribution in [2.75, 3.05) is 6.54 Å². The number of piperidine rings is 1. The van der Waals surface area contributed by atoms with E-state index in [-0.39, 0.29) is 5.60 Å². The van der Waals surface area contributed by atoms with Gasteiger partial charge in [-0.3, -0.25) is 15.2 Å². The summed E-state index contributed by atoms with van der Waals surface area (Å²) in [7, 11) is 0. The van der Waals surface area contributed by atoms with Crippen molar-refractivity contribution in [1.82, 2.24) is 10.4 Å². The van der Waals surface area contributed by atoms with Crippen LogP contribution in [0.5, 0.6) is 0 Å². The maximum Gasteiger partial charge on any atom is 0.0876 e. The third-order valence-electron chi connectivity index (χ3n) is 5.40. The lowest BCUT2D eigenvalue weighted by Gasteiger charge is -2.35. The summed E-state index contributed by atoms with van der Waals surface area (Å²) in [5.41, 5.74) is 7.08. The van der Waals surface area contributed by atoms with E-state index in [0.29, 0.717) is 28.0 Å². The average molecular weight is 367 g/mol. The first-order valence-corrected chi connectivity index (χ1v) is 9.47. The Morgan fingerprint density at radius 1 is 1.17 bits per heavy atom. The van der Waals surface area contributed by atoms with Crippen LogP contribution in [0.1, 0.15) is 51.5 Å². The molecule has 24 heavy (non-hydrogen) atoms. The molecule has 3 aliphatic heterocycles. The van der Waals surface area contributed by atoms with E-state index in [0.717, 1.165) is 13.0 Å². The second kappa shape index (κ2) is 5.91. The predicted octanol–water partition coefficient (Wildman–Crippen LogP) is 4.90. The van der Waals surface area contributed by atoms with Gasteiger partial charge in [0.2, 0.25) is 0 Å². The molecule has 0 saturated carbocycles. The van der Waals surface area contributed by atoms with E-state index >= 15 is 0 Å². The molecule has 130 valence electrons. The fourth-order valence-corrected chi connectivity index (χ4v) is 4.74. The highest BCUT2D eigenvalue weighted by atomic mass is 35.5. The third kappa shape index (κ3) is 2.86. The van der Waals surface area contributed by atoms with Crippen LogP contribution in [0.25, 0.3) is 0 Å². The molecule has 0 amide bonds. The molecule has 3 nitrogen and oxygen atoms in total. The van der Waals surface area contributed by atoms with Gasteiger partial charge in [-0.05, 0) is 63.3 Å². The quantitative estimate of drug-likeness (QED) is 0.769. The first-order chi connectivity index (χ1) is 11.3. The van der Waals surface area contributed by atoms with Gasteiger partial charge in [-0.25, -0.2) is 0 Å². The summed E-state index contributed by atoms with van der Waals surface area (Å²) in [4.78, 5) is 8.51. The highest BCUT2D eigenvalue weighted by Gasteiger charge is 2.49. The van der Waals surface area contributed by atoms with Crippen molar-refractivity contribution in [3.63, 3.8) is 0 Å². The van der Waals surface area contributed by atoms with Crippen LogP contribution in [-0.4, -0.2) is 29.1 Å². The van der Waals surface area contributed by atoms with Crippen LogP contribution in [-0.2, 0) is 4.84 Å². The van der Waals surface area contributed by atoms with Gasteiger partial charge in [-0.15, -0.1) is 0 Å². The Hall–Kier alpha value is -0.740. The maximum absolute atomic E-state index is 6.28. The van der Waals surface area contributed by atoms with Crippen LogP contribution in [0.15, 0.2) is 29.5 Å². The molecular formula is C19H24Cl2N2O. The Balaban J connectivity index is 1.69. The van der Waals surface area contributed by atoms with Crippen LogP contribution in [0.4, 0.5) is 0 Å². The maximum atomic E-state index is 6.28. The van der Waals surface area contributed by atoms with E-state index in [2.05, 4.69) is 37.2 Å². The molecule has 0 spiro atoms. The second-order valence-corrected chi connectivity index (χ2v) is 8.95. The smallest absolute Gasteiger partial charge is 0.0876 e. The molecule has 1 unspecified atom stereocenters. The van der Waals surface area contributed by atoms with Crippen molar-refractivity contribution in [2.24, 2.45) is 0 Å². The van der Waals surface area contributed by atoms with E-state index in [9.17, 15) is 0 Å². The van der Waals surface area contributed by atoms with Crippen molar-refractivity contribution in [2.45, 2.75) is 63.6 Å². The van der Waals surface area contributed by atoms with Crippen LogP contribution in [0, 0.1) is 0 Å². The monoisotopic (exact) mass is 366 g/mol. The van der Waals surface area contributed by atoms with Crippen molar-refractivity contribution in [1.29, 1.82) is 0 Å². The Morgan fingerprint density at radius 3 is 2.67 bits per heavy atom. The highest BCUT2D eigenvalue weighted by molar-refractivity contribution is 6.42.